The number of amides is 1. The minimum atomic E-state index is -0.191. The fourth-order valence-corrected chi connectivity index (χ4v) is 3.01. The van der Waals surface area contributed by atoms with Gasteiger partial charge >= 0.3 is 0 Å². The van der Waals surface area contributed by atoms with Crippen molar-refractivity contribution in [3.05, 3.63) is 23.8 Å². The summed E-state index contributed by atoms with van der Waals surface area (Å²) in [6, 6.07) is 5.69. The molecule has 1 aliphatic heterocycles. The monoisotopic (exact) mass is 276 g/mol. The maximum absolute atomic E-state index is 12.2. The summed E-state index contributed by atoms with van der Waals surface area (Å²) < 4.78 is 10.7. The first kappa shape index (κ1) is 13.2. The number of hydrogen-bond acceptors (Lipinski definition) is 4. The SMILES string of the molecule is COc1ccc(OC)c(C2C(N)CC(=O)N2C2CC2)c1. The van der Waals surface area contributed by atoms with Gasteiger partial charge in [-0.3, -0.25) is 4.79 Å². The summed E-state index contributed by atoms with van der Waals surface area (Å²) >= 11 is 0. The van der Waals surface area contributed by atoms with Gasteiger partial charge in [0.25, 0.3) is 0 Å². The van der Waals surface area contributed by atoms with Crippen LogP contribution < -0.4 is 15.2 Å². The van der Waals surface area contributed by atoms with Crippen LogP contribution in [0.5, 0.6) is 11.5 Å². The van der Waals surface area contributed by atoms with Crippen LogP contribution in [0, 0.1) is 0 Å². The lowest BCUT2D eigenvalue weighted by Crippen LogP contribution is -2.34. The Balaban J connectivity index is 2.03. The van der Waals surface area contributed by atoms with Crippen molar-refractivity contribution < 1.29 is 14.3 Å². The van der Waals surface area contributed by atoms with Crippen LogP contribution in [0.4, 0.5) is 0 Å². The molecule has 1 aliphatic carbocycles. The predicted molar refractivity (Wildman–Crippen MR) is 74.7 cm³/mol. The molecule has 108 valence electrons. The highest BCUT2D eigenvalue weighted by Gasteiger charge is 2.46. The van der Waals surface area contributed by atoms with E-state index in [1.165, 1.54) is 0 Å². The minimum Gasteiger partial charge on any atom is -0.497 e. The number of likely N-dealkylation sites (tertiary alicyclic amines) is 1. The second-order valence-corrected chi connectivity index (χ2v) is 5.45. The molecule has 1 aromatic rings. The molecule has 1 aromatic carbocycles. The lowest BCUT2D eigenvalue weighted by Gasteiger charge is -2.28. The average Bonchev–Trinajstić information content (AvgIpc) is 3.23. The van der Waals surface area contributed by atoms with Crippen LogP contribution in [0.2, 0.25) is 0 Å². The van der Waals surface area contributed by atoms with E-state index in [9.17, 15) is 4.79 Å². The number of ether oxygens (including phenoxy) is 2. The topological polar surface area (TPSA) is 64.8 Å². The first-order chi connectivity index (χ1) is 9.65. The van der Waals surface area contributed by atoms with Crippen molar-refractivity contribution in [2.24, 2.45) is 5.73 Å². The van der Waals surface area contributed by atoms with Gasteiger partial charge in [0.15, 0.2) is 0 Å². The van der Waals surface area contributed by atoms with Crippen molar-refractivity contribution in [1.29, 1.82) is 0 Å². The van der Waals surface area contributed by atoms with Gasteiger partial charge in [-0.1, -0.05) is 0 Å². The van der Waals surface area contributed by atoms with Gasteiger partial charge in [0.2, 0.25) is 5.91 Å². The van der Waals surface area contributed by atoms with E-state index in [1.54, 1.807) is 14.2 Å². The number of carbonyl (C=O) groups is 1. The fraction of sp³-hybridized carbons (Fsp3) is 0.533. The Bertz CT molecular complexity index is 528. The largest absolute Gasteiger partial charge is 0.497 e. The molecule has 0 spiro atoms. The van der Waals surface area contributed by atoms with Gasteiger partial charge in [-0.25, -0.2) is 0 Å². The van der Waals surface area contributed by atoms with Crippen LogP contribution in [0.25, 0.3) is 0 Å². The third-order valence-corrected chi connectivity index (χ3v) is 4.10. The first-order valence-corrected chi connectivity index (χ1v) is 6.94. The summed E-state index contributed by atoms with van der Waals surface area (Å²) in [6.45, 7) is 0. The molecule has 0 bridgehead atoms. The Morgan fingerprint density at radius 3 is 2.60 bits per heavy atom. The molecule has 2 N–H and O–H groups in total. The molecule has 2 fully saturated rings. The van der Waals surface area contributed by atoms with E-state index in [-0.39, 0.29) is 18.0 Å². The highest BCUT2D eigenvalue weighted by molar-refractivity contribution is 5.81. The van der Waals surface area contributed by atoms with Gasteiger partial charge in [-0.2, -0.15) is 0 Å². The quantitative estimate of drug-likeness (QED) is 0.904. The number of methoxy groups -OCH3 is 2. The van der Waals surface area contributed by atoms with Gasteiger partial charge in [-0.05, 0) is 31.0 Å². The molecule has 5 heteroatoms. The van der Waals surface area contributed by atoms with Gasteiger partial charge < -0.3 is 20.1 Å². The summed E-state index contributed by atoms with van der Waals surface area (Å²) in [6.07, 6.45) is 2.55. The second kappa shape index (κ2) is 4.98. The number of rotatable bonds is 4. The molecule has 5 nitrogen and oxygen atoms in total. The van der Waals surface area contributed by atoms with Crippen LogP contribution in [0.15, 0.2) is 18.2 Å². The Morgan fingerprint density at radius 1 is 1.25 bits per heavy atom. The lowest BCUT2D eigenvalue weighted by atomic mass is 9.99. The third kappa shape index (κ3) is 2.12. The van der Waals surface area contributed by atoms with Crippen molar-refractivity contribution in [1.82, 2.24) is 4.90 Å². The molecule has 2 atom stereocenters. The van der Waals surface area contributed by atoms with E-state index in [0.717, 1.165) is 29.9 Å². The number of nitrogens with two attached hydrogens (primary N) is 1. The molecular weight excluding hydrogens is 256 g/mol. The number of carbonyl (C=O) groups excluding carboxylic acids is 1. The Hall–Kier alpha value is -1.75. The van der Waals surface area contributed by atoms with Crippen molar-refractivity contribution in [2.45, 2.75) is 37.4 Å². The fourth-order valence-electron chi connectivity index (χ4n) is 3.01. The summed E-state index contributed by atoms with van der Waals surface area (Å²) in [4.78, 5) is 14.1. The summed E-state index contributed by atoms with van der Waals surface area (Å²) in [5.41, 5.74) is 7.16. The summed E-state index contributed by atoms with van der Waals surface area (Å²) in [7, 11) is 3.26. The summed E-state index contributed by atoms with van der Waals surface area (Å²) in [5.74, 6) is 1.66. The van der Waals surface area contributed by atoms with Gasteiger partial charge in [0.05, 0.1) is 20.3 Å². The van der Waals surface area contributed by atoms with Crippen molar-refractivity contribution >= 4 is 5.91 Å². The van der Waals surface area contributed by atoms with Gasteiger partial charge in [0, 0.05) is 24.1 Å². The zero-order valence-corrected chi connectivity index (χ0v) is 11.8. The number of nitrogens with zero attached hydrogens (tertiary/aromatic N) is 1. The smallest absolute Gasteiger partial charge is 0.225 e. The molecule has 1 amide bonds. The molecule has 0 aromatic heterocycles. The zero-order chi connectivity index (χ0) is 14.3. The lowest BCUT2D eigenvalue weighted by molar-refractivity contribution is -0.129. The van der Waals surface area contributed by atoms with Gasteiger partial charge in [-0.15, -0.1) is 0 Å². The van der Waals surface area contributed by atoms with E-state index in [1.807, 2.05) is 23.1 Å². The third-order valence-electron chi connectivity index (χ3n) is 4.10. The van der Waals surface area contributed by atoms with Crippen LogP contribution in [-0.4, -0.2) is 37.1 Å². The summed E-state index contributed by atoms with van der Waals surface area (Å²) in [5, 5.41) is 0. The first-order valence-electron chi connectivity index (χ1n) is 6.94. The molecule has 20 heavy (non-hydrogen) atoms. The van der Waals surface area contributed by atoms with E-state index < -0.39 is 0 Å². The van der Waals surface area contributed by atoms with Crippen LogP contribution in [0.1, 0.15) is 30.9 Å². The van der Waals surface area contributed by atoms with Crippen molar-refractivity contribution in [2.75, 3.05) is 14.2 Å². The Kier molecular flexibility index (Phi) is 3.30. The van der Waals surface area contributed by atoms with E-state index in [0.29, 0.717) is 12.5 Å². The van der Waals surface area contributed by atoms with E-state index >= 15 is 0 Å². The molecule has 0 radical (unpaired) electrons. The number of hydrogen-bond donors (Lipinski definition) is 1. The van der Waals surface area contributed by atoms with Gasteiger partial charge in [0.1, 0.15) is 11.5 Å². The molecular formula is C15H20N2O3. The zero-order valence-electron chi connectivity index (χ0n) is 11.8. The number of benzene rings is 1. The Morgan fingerprint density at radius 2 is 2.00 bits per heavy atom. The van der Waals surface area contributed by atoms with Crippen LogP contribution in [-0.2, 0) is 4.79 Å². The standard InChI is InChI=1S/C15H20N2O3/c1-19-10-5-6-13(20-2)11(7-10)15-12(16)8-14(18)17(15)9-3-4-9/h5-7,9,12,15H,3-4,8,16H2,1-2H3. The molecule has 2 aliphatic rings. The van der Waals surface area contributed by atoms with Crippen molar-refractivity contribution in [3.63, 3.8) is 0 Å². The maximum atomic E-state index is 12.2. The molecule has 2 unspecified atom stereocenters. The second-order valence-electron chi connectivity index (χ2n) is 5.45. The van der Waals surface area contributed by atoms with Crippen molar-refractivity contribution in [3.8, 4) is 11.5 Å². The maximum Gasteiger partial charge on any atom is 0.225 e. The Labute approximate surface area is 118 Å². The predicted octanol–water partition coefficient (Wildman–Crippen LogP) is 1.47. The minimum absolute atomic E-state index is 0.111. The molecule has 1 saturated carbocycles. The highest BCUT2D eigenvalue weighted by atomic mass is 16.5. The molecule has 1 saturated heterocycles. The van der Waals surface area contributed by atoms with Crippen LogP contribution in [0.3, 0.4) is 0 Å². The normalized spacial score (nSPS) is 25.9. The molecule has 3 rings (SSSR count). The molecule has 1 heterocycles. The van der Waals surface area contributed by atoms with E-state index in [4.69, 9.17) is 15.2 Å². The van der Waals surface area contributed by atoms with Crippen LogP contribution >= 0.6 is 0 Å². The average molecular weight is 276 g/mol. The highest BCUT2D eigenvalue weighted by Crippen LogP contribution is 2.44. The van der Waals surface area contributed by atoms with E-state index in [2.05, 4.69) is 0 Å².